The number of carbonyl (C=O) groups is 1. The van der Waals surface area contributed by atoms with Gasteiger partial charge in [-0.15, -0.1) is 0 Å². The first-order valence-corrected chi connectivity index (χ1v) is 5.15. The molecule has 0 bridgehead atoms. The summed E-state index contributed by atoms with van der Waals surface area (Å²) in [5.41, 5.74) is 0.329. The van der Waals surface area contributed by atoms with E-state index in [0.29, 0.717) is 5.56 Å². The van der Waals surface area contributed by atoms with Gasteiger partial charge in [0.25, 0.3) is 0 Å². The molecule has 0 aromatic heterocycles. The van der Waals surface area contributed by atoms with Gasteiger partial charge < -0.3 is 10.2 Å². The van der Waals surface area contributed by atoms with Crippen LogP contribution in [0.15, 0.2) is 18.2 Å². The maximum Gasteiger partial charge on any atom is 0.306 e. The molecule has 0 aliphatic heterocycles. The molecule has 0 heterocycles. The highest BCUT2D eigenvalue weighted by Gasteiger charge is 2.18. The van der Waals surface area contributed by atoms with Gasteiger partial charge in [-0.2, -0.15) is 0 Å². The molecule has 0 fully saturated rings. The van der Waals surface area contributed by atoms with Crippen LogP contribution >= 0.6 is 11.6 Å². The highest BCUT2D eigenvalue weighted by atomic mass is 35.5. The molecule has 0 aliphatic rings. The van der Waals surface area contributed by atoms with E-state index in [9.17, 15) is 14.3 Å². The number of carboxylic acid groups (broad SMARTS) is 1. The Morgan fingerprint density at radius 1 is 1.56 bits per heavy atom. The summed E-state index contributed by atoms with van der Waals surface area (Å²) in [6, 6.07) is 3.92. The van der Waals surface area contributed by atoms with E-state index >= 15 is 0 Å². The van der Waals surface area contributed by atoms with Gasteiger partial charge in [-0.05, 0) is 24.1 Å². The fourth-order valence-corrected chi connectivity index (χ4v) is 1.41. The summed E-state index contributed by atoms with van der Waals surface area (Å²) < 4.78 is 13.1. The third-order valence-electron chi connectivity index (χ3n) is 2.33. The summed E-state index contributed by atoms with van der Waals surface area (Å²) in [7, 11) is 0. The monoisotopic (exact) mass is 246 g/mol. The van der Waals surface area contributed by atoms with Gasteiger partial charge >= 0.3 is 5.97 Å². The smallest absolute Gasteiger partial charge is 0.306 e. The summed E-state index contributed by atoms with van der Waals surface area (Å²) in [4.78, 5) is 10.6. The summed E-state index contributed by atoms with van der Waals surface area (Å²) in [6.07, 6.45) is -0.964. The SMILES string of the molecule is CC(CC(O)c1ccc(Cl)c(F)c1)C(=O)O. The van der Waals surface area contributed by atoms with Crippen molar-refractivity contribution in [2.45, 2.75) is 19.4 Å². The third-order valence-corrected chi connectivity index (χ3v) is 2.63. The molecule has 1 aromatic carbocycles. The van der Waals surface area contributed by atoms with E-state index in [-0.39, 0.29) is 11.4 Å². The van der Waals surface area contributed by atoms with Crippen molar-refractivity contribution in [3.8, 4) is 0 Å². The number of aliphatic carboxylic acids is 1. The van der Waals surface area contributed by atoms with Gasteiger partial charge in [0.1, 0.15) is 5.82 Å². The zero-order valence-electron chi connectivity index (χ0n) is 8.65. The summed E-state index contributed by atoms with van der Waals surface area (Å²) in [5.74, 6) is -2.30. The lowest BCUT2D eigenvalue weighted by molar-refractivity contribution is -0.142. The molecule has 0 saturated carbocycles. The molecule has 1 rings (SSSR count). The standard InChI is InChI=1S/C11H12ClFO3/c1-6(11(15)16)4-10(14)7-2-3-8(12)9(13)5-7/h2-3,5-6,10,14H,4H2,1H3,(H,15,16). The molecule has 0 radical (unpaired) electrons. The Balaban J connectivity index is 2.76. The molecule has 2 N–H and O–H groups in total. The average molecular weight is 247 g/mol. The number of aliphatic hydroxyl groups excluding tert-OH is 1. The molecule has 1 aromatic rings. The van der Waals surface area contributed by atoms with Crippen LogP contribution in [0.4, 0.5) is 4.39 Å². The summed E-state index contributed by atoms with van der Waals surface area (Å²) in [5, 5.41) is 18.3. The van der Waals surface area contributed by atoms with Crippen molar-refractivity contribution in [1.82, 2.24) is 0 Å². The van der Waals surface area contributed by atoms with Gasteiger partial charge in [0.15, 0.2) is 0 Å². The van der Waals surface area contributed by atoms with E-state index in [2.05, 4.69) is 0 Å². The van der Waals surface area contributed by atoms with Crippen LogP contribution in [0.2, 0.25) is 5.02 Å². The van der Waals surface area contributed by atoms with Crippen LogP contribution in [0.1, 0.15) is 25.0 Å². The molecule has 0 aliphatic carbocycles. The zero-order valence-corrected chi connectivity index (χ0v) is 9.41. The molecular formula is C11H12ClFO3. The second kappa shape index (κ2) is 5.27. The molecule has 88 valence electrons. The van der Waals surface area contributed by atoms with Crippen molar-refractivity contribution in [3.05, 3.63) is 34.6 Å². The fraction of sp³-hybridized carbons (Fsp3) is 0.364. The topological polar surface area (TPSA) is 57.5 Å². The largest absolute Gasteiger partial charge is 0.481 e. The van der Waals surface area contributed by atoms with E-state index in [1.807, 2.05) is 0 Å². The van der Waals surface area contributed by atoms with Crippen molar-refractivity contribution in [1.29, 1.82) is 0 Å². The third kappa shape index (κ3) is 3.18. The Bertz CT molecular complexity index is 395. The fourth-order valence-electron chi connectivity index (χ4n) is 1.29. The number of carboxylic acids is 1. The molecular weight excluding hydrogens is 235 g/mol. The molecule has 5 heteroatoms. The predicted octanol–water partition coefficient (Wildman–Crippen LogP) is 2.62. The zero-order chi connectivity index (χ0) is 12.3. The highest BCUT2D eigenvalue weighted by Crippen LogP contribution is 2.24. The van der Waals surface area contributed by atoms with Crippen LogP contribution in [0.25, 0.3) is 0 Å². The summed E-state index contributed by atoms with van der Waals surface area (Å²) >= 11 is 5.49. The van der Waals surface area contributed by atoms with Gasteiger partial charge in [-0.3, -0.25) is 4.79 Å². The van der Waals surface area contributed by atoms with Crippen molar-refractivity contribution < 1.29 is 19.4 Å². The molecule has 16 heavy (non-hydrogen) atoms. The Labute approximate surface area is 97.5 Å². The normalized spacial score (nSPS) is 14.5. The van der Waals surface area contributed by atoms with Gasteiger partial charge in [0.05, 0.1) is 17.0 Å². The Hall–Kier alpha value is -1.13. The molecule has 0 spiro atoms. The minimum atomic E-state index is -1.00. The Kier molecular flexibility index (Phi) is 4.26. The van der Waals surface area contributed by atoms with E-state index < -0.39 is 23.8 Å². The molecule has 2 unspecified atom stereocenters. The Morgan fingerprint density at radius 3 is 2.69 bits per heavy atom. The molecule has 2 atom stereocenters. The minimum Gasteiger partial charge on any atom is -0.481 e. The number of hydrogen-bond acceptors (Lipinski definition) is 2. The van der Waals surface area contributed by atoms with E-state index in [1.54, 1.807) is 0 Å². The van der Waals surface area contributed by atoms with Crippen molar-refractivity contribution in [2.24, 2.45) is 5.92 Å². The van der Waals surface area contributed by atoms with Crippen molar-refractivity contribution in [2.75, 3.05) is 0 Å². The maximum absolute atomic E-state index is 13.1. The second-order valence-electron chi connectivity index (χ2n) is 3.66. The van der Waals surface area contributed by atoms with Crippen molar-refractivity contribution >= 4 is 17.6 Å². The van der Waals surface area contributed by atoms with Gasteiger partial charge in [-0.25, -0.2) is 4.39 Å². The average Bonchev–Trinajstić information content (AvgIpc) is 2.21. The van der Waals surface area contributed by atoms with Crippen LogP contribution in [0.3, 0.4) is 0 Å². The van der Waals surface area contributed by atoms with Gasteiger partial charge in [-0.1, -0.05) is 24.6 Å². The first-order chi connectivity index (χ1) is 7.41. The van der Waals surface area contributed by atoms with Gasteiger partial charge in [0.2, 0.25) is 0 Å². The second-order valence-corrected chi connectivity index (χ2v) is 4.07. The quantitative estimate of drug-likeness (QED) is 0.859. The molecule has 0 amide bonds. The summed E-state index contributed by atoms with van der Waals surface area (Å²) in [6.45, 7) is 1.48. The van der Waals surface area contributed by atoms with Gasteiger partial charge in [0, 0.05) is 0 Å². The number of rotatable bonds is 4. The van der Waals surface area contributed by atoms with Crippen molar-refractivity contribution in [3.63, 3.8) is 0 Å². The van der Waals surface area contributed by atoms with Crippen LogP contribution in [0, 0.1) is 11.7 Å². The number of aliphatic hydroxyl groups is 1. The first-order valence-electron chi connectivity index (χ1n) is 4.77. The first kappa shape index (κ1) is 12.9. The van der Waals surface area contributed by atoms with E-state index in [0.717, 1.165) is 6.07 Å². The predicted molar refractivity (Wildman–Crippen MR) is 57.8 cm³/mol. The van der Waals surface area contributed by atoms with E-state index in [1.165, 1.54) is 19.1 Å². The lowest BCUT2D eigenvalue weighted by Crippen LogP contribution is -2.13. The lowest BCUT2D eigenvalue weighted by atomic mass is 9.98. The van der Waals surface area contributed by atoms with Crippen LogP contribution in [0.5, 0.6) is 0 Å². The Morgan fingerprint density at radius 2 is 2.19 bits per heavy atom. The van der Waals surface area contributed by atoms with Crippen LogP contribution in [-0.2, 0) is 4.79 Å². The van der Waals surface area contributed by atoms with E-state index in [4.69, 9.17) is 16.7 Å². The lowest BCUT2D eigenvalue weighted by Gasteiger charge is -2.13. The minimum absolute atomic E-state index is 0.0257. The maximum atomic E-state index is 13.1. The highest BCUT2D eigenvalue weighted by molar-refractivity contribution is 6.30. The molecule has 3 nitrogen and oxygen atoms in total. The number of hydrogen-bond donors (Lipinski definition) is 2. The number of benzene rings is 1. The molecule has 0 saturated heterocycles. The van der Waals surface area contributed by atoms with Crippen LogP contribution < -0.4 is 0 Å². The van der Waals surface area contributed by atoms with Crippen LogP contribution in [-0.4, -0.2) is 16.2 Å². The number of halogens is 2.